The van der Waals surface area contributed by atoms with Crippen molar-refractivity contribution >= 4 is 34.6 Å². The van der Waals surface area contributed by atoms with Gasteiger partial charge in [0.1, 0.15) is 0 Å². The molecule has 0 spiro atoms. The van der Waals surface area contributed by atoms with Gasteiger partial charge in [-0.25, -0.2) is 0 Å². The second-order valence-electron chi connectivity index (χ2n) is 6.81. The maximum Gasteiger partial charge on any atom is 0.0857 e. The van der Waals surface area contributed by atoms with E-state index in [0.29, 0.717) is 10.0 Å². The van der Waals surface area contributed by atoms with Crippen LogP contribution in [0.15, 0.2) is 107 Å². The van der Waals surface area contributed by atoms with Crippen LogP contribution in [0.2, 0.25) is 10.0 Å². The first-order chi connectivity index (χ1) is 15.6. The summed E-state index contributed by atoms with van der Waals surface area (Å²) < 4.78 is 0. The van der Waals surface area contributed by atoms with Crippen LogP contribution in [0.4, 0.5) is 11.4 Å². The molecule has 0 heterocycles. The van der Waals surface area contributed by atoms with E-state index in [1.54, 1.807) is 0 Å². The minimum atomic E-state index is 0.700. The van der Waals surface area contributed by atoms with Crippen molar-refractivity contribution in [2.75, 3.05) is 0 Å². The minimum Gasteiger partial charge on any atom is -0.151 e. The van der Waals surface area contributed by atoms with E-state index in [4.69, 9.17) is 23.2 Å². The molecular weight excluding hydrogens is 435 g/mol. The summed E-state index contributed by atoms with van der Waals surface area (Å²) in [5.74, 6) is 12.5. The van der Waals surface area contributed by atoms with Gasteiger partial charge in [0.15, 0.2) is 0 Å². The van der Waals surface area contributed by atoms with Gasteiger partial charge in [-0.05, 0) is 97.1 Å². The van der Waals surface area contributed by atoms with Crippen LogP contribution < -0.4 is 0 Å². The van der Waals surface area contributed by atoms with Gasteiger partial charge in [0.25, 0.3) is 0 Å². The van der Waals surface area contributed by atoms with E-state index in [2.05, 4.69) is 33.9 Å². The van der Waals surface area contributed by atoms with Crippen molar-refractivity contribution in [1.29, 1.82) is 0 Å². The summed E-state index contributed by atoms with van der Waals surface area (Å²) in [4.78, 5) is 0. The maximum atomic E-state index is 5.89. The van der Waals surface area contributed by atoms with Crippen molar-refractivity contribution in [3.63, 3.8) is 0 Å². The number of nitrogens with zero attached hydrogens (tertiary/aromatic N) is 2. The van der Waals surface area contributed by atoms with Gasteiger partial charge in [0, 0.05) is 32.3 Å². The summed E-state index contributed by atoms with van der Waals surface area (Å²) in [6.45, 7) is 0. The average molecular weight is 451 g/mol. The molecule has 0 aromatic heterocycles. The first-order valence-corrected chi connectivity index (χ1v) is 10.6. The van der Waals surface area contributed by atoms with Crippen molar-refractivity contribution < 1.29 is 0 Å². The van der Waals surface area contributed by atoms with Gasteiger partial charge in [-0.1, -0.05) is 46.9 Å². The average Bonchev–Trinajstić information content (AvgIpc) is 2.83. The van der Waals surface area contributed by atoms with Gasteiger partial charge in [0.05, 0.1) is 11.4 Å². The zero-order valence-corrected chi connectivity index (χ0v) is 18.4. The van der Waals surface area contributed by atoms with E-state index >= 15 is 0 Å². The topological polar surface area (TPSA) is 24.7 Å². The van der Waals surface area contributed by atoms with E-state index in [1.165, 1.54) is 0 Å². The highest BCUT2D eigenvalue weighted by molar-refractivity contribution is 6.30. The van der Waals surface area contributed by atoms with Gasteiger partial charge >= 0.3 is 0 Å². The number of rotatable bonds is 2. The highest BCUT2D eigenvalue weighted by Crippen LogP contribution is 2.19. The molecule has 4 aromatic carbocycles. The van der Waals surface area contributed by atoms with Crippen LogP contribution in [0.3, 0.4) is 0 Å². The third-order valence-electron chi connectivity index (χ3n) is 4.41. The van der Waals surface area contributed by atoms with Crippen LogP contribution in [0.25, 0.3) is 0 Å². The van der Waals surface area contributed by atoms with E-state index in [1.807, 2.05) is 97.1 Å². The summed E-state index contributed by atoms with van der Waals surface area (Å²) in [5, 5.41) is 9.98. The quantitative estimate of drug-likeness (QED) is 0.217. The fraction of sp³-hybridized carbons (Fsp3) is 0. The minimum absolute atomic E-state index is 0.700. The predicted octanol–water partition coefficient (Wildman–Crippen LogP) is 8.21. The summed E-state index contributed by atoms with van der Waals surface area (Å²) in [5.41, 5.74) is 5.16. The monoisotopic (exact) mass is 450 g/mol. The molecule has 0 aliphatic carbocycles. The first-order valence-electron chi connectivity index (χ1n) is 9.81. The zero-order chi connectivity index (χ0) is 22.2. The van der Waals surface area contributed by atoms with Gasteiger partial charge in [0.2, 0.25) is 0 Å². The van der Waals surface area contributed by atoms with Crippen LogP contribution in [0.5, 0.6) is 0 Å². The Hall–Kier alpha value is -3.82. The fourth-order valence-electron chi connectivity index (χ4n) is 2.69. The molecule has 4 aromatic rings. The molecule has 0 saturated heterocycles. The molecule has 4 heteroatoms. The second kappa shape index (κ2) is 10.5. The Morgan fingerprint density at radius 3 is 0.906 bits per heavy atom. The lowest BCUT2D eigenvalue weighted by Crippen LogP contribution is -1.76. The third-order valence-corrected chi connectivity index (χ3v) is 4.91. The molecule has 2 nitrogen and oxygen atoms in total. The summed E-state index contributed by atoms with van der Waals surface area (Å²) in [7, 11) is 0. The molecule has 0 fully saturated rings. The molecule has 4 rings (SSSR count). The lowest BCUT2D eigenvalue weighted by atomic mass is 10.1. The van der Waals surface area contributed by atoms with Crippen LogP contribution in [-0.4, -0.2) is 0 Å². The van der Waals surface area contributed by atoms with Crippen molar-refractivity contribution in [1.82, 2.24) is 0 Å². The molecular formula is C28H16Cl2N2. The normalized spacial score (nSPS) is 10.2. The molecule has 0 radical (unpaired) electrons. The Morgan fingerprint density at radius 2 is 0.625 bits per heavy atom. The van der Waals surface area contributed by atoms with Crippen LogP contribution in [0, 0.1) is 23.7 Å². The second-order valence-corrected chi connectivity index (χ2v) is 7.68. The molecule has 152 valence electrons. The van der Waals surface area contributed by atoms with Crippen LogP contribution in [0.1, 0.15) is 22.3 Å². The standard InChI is InChI=1S/C28H16Cl2N2/c29-25-13-5-21(6-14-25)1-3-23-9-17-27(18-10-23)31-32-28-19-11-24(12-20-28)4-2-22-7-15-26(30)16-8-22/h5-20H. The largest absolute Gasteiger partial charge is 0.151 e. The van der Waals surface area contributed by atoms with Crippen molar-refractivity contribution in [2.45, 2.75) is 0 Å². The SMILES string of the molecule is Clc1ccc(C#Cc2ccc(N=Nc3ccc(C#Cc4ccc(Cl)cc4)cc3)cc2)cc1. The van der Waals surface area contributed by atoms with Gasteiger partial charge in [-0.2, -0.15) is 10.2 Å². The molecule has 0 unspecified atom stereocenters. The molecule has 0 N–H and O–H groups in total. The molecule has 0 aliphatic heterocycles. The highest BCUT2D eigenvalue weighted by Gasteiger charge is 1.94. The van der Waals surface area contributed by atoms with Gasteiger partial charge < -0.3 is 0 Å². The number of azo groups is 1. The number of halogens is 2. The molecule has 0 bridgehead atoms. The highest BCUT2D eigenvalue weighted by atomic mass is 35.5. The Morgan fingerprint density at radius 1 is 0.375 bits per heavy atom. The molecule has 32 heavy (non-hydrogen) atoms. The summed E-state index contributed by atoms with van der Waals surface area (Å²) in [6.07, 6.45) is 0. The third kappa shape index (κ3) is 6.34. The van der Waals surface area contributed by atoms with Crippen LogP contribution in [-0.2, 0) is 0 Å². The lowest BCUT2D eigenvalue weighted by molar-refractivity contribution is 1.23. The van der Waals surface area contributed by atoms with E-state index in [0.717, 1.165) is 33.6 Å². The van der Waals surface area contributed by atoms with E-state index in [-0.39, 0.29) is 0 Å². The van der Waals surface area contributed by atoms with E-state index < -0.39 is 0 Å². The van der Waals surface area contributed by atoms with Crippen LogP contribution >= 0.6 is 23.2 Å². The Bertz CT molecular complexity index is 1240. The van der Waals surface area contributed by atoms with Gasteiger partial charge in [-0.15, -0.1) is 0 Å². The van der Waals surface area contributed by atoms with Crippen molar-refractivity contribution in [3.8, 4) is 23.7 Å². The van der Waals surface area contributed by atoms with Gasteiger partial charge in [-0.3, -0.25) is 0 Å². The fourth-order valence-corrected chi connectivity index (χ4v) is 2.95. The van der Waals surface area contributed by atoms with Crippen molar-refractivity contribution in [2.24, 2.45) is 10.2 Å². The smallest absolute Gasteiger partial charge is 0.0857 e. The summed E-state index contributed by atoms with van der Waals surface area (Å²) in [6, 6.07) is 30.1. The number of hydrogen-bond donors (Lipinski definition) is 0. The lowest BCUT2D eigenvalue weighted by Gasteiger charge is -1.96. The first kappa shape index (κ1) is 21.4. The Balaban J connectivity index is 1.38. The molecule has 0 atom stereocenters. The van der Waals surface area contributed by atoms with Crippen molar-refractivity contribution in [3.05, 3.63) is 129 Å². The molecule has 0 aliphatic rings. The number of benzene rings is 4. The Kier molecular flexibility index (Phi) is 7.01. The van der Waals surface area contributed by atoms with E-state index in [9.17, 15) is 0 Å². The Labute approximate surface area is 197 Å². The molecule has 0 amide bonds. The number of hydrogen-bond acceptors (Lipinski definition) is 2. The molecule has 0 saturated carbocycles. The summed E-state index contributed by atoms with van der Waals surface area (Å²) >= 11 is 11.8. The maximum absolute atomic E-state index is 5.89. The zero-order valence-electron chi connectivity index (χ0n) is 16.9. The predicted molar refractivity (Wildman–Crippen MR) is 132 cm³/mol.